The zero-order valence-electron chi connectivity index (χ0n) is 12.4. The number of rotatable bonds is 6. The molecule has 0 saturated heterocycles. The molecule has 0 radical (unpaired) electrons. The van der Waals surface area contributed by atoms with Crippen molar-refractivity contribution in [2.75, 3.05) is 0 Å². The highest BCUT2D eigenvalue weighted by atomic mass is 16.6. The van der Waals surface area contributed by atoms with Crippen molar-refractivity contribution in [3.8, 4) is 0 Å². The van der Waals surface area contributed by atoms with E-state index >= 15 is 0 Å². The number of nitro groups is 1. The fourth-order valence-corrected chi connectivity index (χ4v) is 2.35. The second kappa shape index (κ2) is 7.36. The number of non-ortho nitro benzene ring substituents is 1. The number of carbonyl (C=O) groups is 1. The molecular formula is C17H18N2O3. The Morgan fingerprint density at radius 3 is 2.32 bits per heavy atom. The molecule has 0 bridgehead atoms. The molecule has 1 atom stereocenters. The van der Waals surface area contributed by atoms with Gasteiger partial charge >= 0.3 is 0 Å². The molecule has 1 amide bonds. The van der Waals surface area contributed by atoms with E-state index in [2.05, 4.69) is 5.32 Å². The first-order valence-electron chi connectivity index (χ1n) is 7.11. The summed E-state index contributed by atoms with van der Waals surface area (Å²) in [4.78, 5) is 21.6. The third kappa shape index (κ3) is 4.41. The van der Waals surface area contributed by atoms with Crippen LogP contribution in [0.1, 0.15) is 30.5 Å². The molecule has 114 valence electrons. The molecule has 22 heavy (non-hydrogen) atoms. The van der Waals surface area contributed by atoms with Crippen LogP contribution in [-0.4, -0.2) is 10.8 Å². The van der Waals surface area contributed by atoms with Crippen LogP contribution in [0.3, 0.4) is 0 Å². The zero-order valence-corrected chi connectivity index (χ0v) is 12.4. The van der Waals surface area contributed by atoms with E-state index in [1.165, 1.54) is 19.1 Å². The van der Waals surface area contributed by atoms with E-state index in [-0.39, 0.29) is 17.6 Å². The minimum absolute atomic E-state index is 0.0612. The largest absolute Gasteiger partial charge is 0.350 e. The average molecular weight is 298 g/mol. The van der Waals surface area contributed by atoms with Gasteiger partial charge in [0.25, 0.3) is 5.69 Å². The van der Waals surface area contributed by atoms with Crippen molar-refractivity contribution in [3.63, 3.8) is 0 Å². The summed E-state index contributed by atoms with van der Waals surface area (Å²) in [5.74, 6) is -0.0717. The molecule has 0 aromatic heterocycles. The van der Waals surface area contributed by atoms with Crippen LogP contribution in [0.2, 0.25) is 0 Å². The molecule has 0 heterocycles. The van der Waals surface area contributed by atoms with Crippen LogP contribution in [0, 0.1) is 10.1 Å². The summed E-state index contributed by atoms with van der Waals surface area (Å²) < 4.78 is 0. The highest BCUT2D eigenvalue weighted by molar-refractivity contribution is 5.73. The lowest BCUT2D eigenvalue weighted by Crippen LogP contribution is -2.26. The molecule has 2 rings (SSSR count). The van der Waals surface area contributed by atoms with E-state index in [4.69, 9.17) is 0 Å². The number of benzene rings is 2. The Bertz CT molecular complexity index is 639. The molecule has 0 aliphatic rings. The van der Waals surface area contributed by atoms with Gasteiger partial charge in [0.05, 0.1) is 11.0 Å². The van der Waals surface area contributed by atoms with E-state index in [9.17, 15) is 14.9 Å². The standard InChI is InChI=1S/C17H18N2O3/c1-13(20)18-17(15-5-3-2-4-6-15)12-9-14-7-10-16(11-8-14)19(21)22/h2-8,10-11,17H,9,12H2,1H3,(H,18,20). The Kier molecular flexibility index (Phi) is 5.25. The van der Waals surface area contributed by atoms with Crippen LogP contribution in [-0.2, 0) is 11.2 Å². The van der Waals surface area contributed by atoms with Crippen LogP contribution in [0.4, 0.5) is 5.69 Å². The third-order valence-electron chi connectivity index (χ3n) is 3.45. The number of amides is 1. The summed E-state index contributed by atoms with van der Waals surface area (Å²) in [6, 6.07) is 16.2. The van der Waals surface area contributed by atoms with Gasteiger partial charge in [0.1, 0.15) is 0 Å². The topological polar surface area (TPSA) is 72.2 Å². The molecule has 2 aromatic rings. The second-order valence-corrected chi connectivity index (χ2v) is 5.13. The van der Waals surface area contributed by atoms with E-state index in [1.807, 2.05) is 30.3 Å². The van der Waals surface area contributed by atoms with Crippen molar-refractivity contribution in [2.45, 2.75) is 25.8 Å². The first kappa shape index (κ1) is 15.7. The molecule has 5 nitrogen and oxygen atoms in total. The molecule has 0 aliphatic carbocycles. The van der Waals surface area contributed by atoms with Crippen LogP contribution < -0.4 is 5.32 Å². The highest BCUT2D eigenvalue weighted by Crippen LogP contribution is 2.20. The van der Waals surface area contributed by atoms with Gasteiger partial charge in [-0.15, -0.1) is 0 Å². The smallest absolute Gasteiger partial charge is 0.269 e. The van der Waals surface area contributed by atoms with Crippen molar-refractivity contribution in [1.82, 2.24) is 5.32 Å². The number of aryl methyl sites for hydroxylation is 1. The fourth-order valence-electron chi connectivity index (χ4n) is 2.35. The monoisotopic (exact) mass is 298 g/mol. The minimum atomic E-state index is -0.409. The Morgan fingerprint density at radius 1 is 1.14 bits per heavy atom. The Labute approximate surface area is 129 Å². The van der Waals surface area contributed by atoms with Gasteiger partial charge in [-0.2, -0.15) is 0 Å². The Balaban J connectivity index is 2.04. The van der Waals surface area contributed by atoms with E-state index < -0.39 is 4.92 Å². The second-order valence-electron chi connectivity index (χ2n) is 5.13. The quantitative estimate of drug-likeness (QED) is 0.656. The number of nitrogens with zero attached hydrogens (tertiary/aromatic N) is 1. The number of carbonyl (C=O) groups excluding carboxylic acids is 1. The van der Waals surface area contributed by atoms with Gasteiger partial charge < -0.3 is 5.32 Å². The maximum atomic E-state index is 11.4. The SMILES string of the molecule is CC(=O)NC(CCc1ccc([N+](=O)[O-])cc1)c1ccccc1. The molecule has 1 unspecified atom stereocenters. The van der Waals surface area contributed by atoms with Gasteiger partial charge in [-0.25, -0.2) is 0 Å². The number of nitrogens with one attached hydrogen (secondary N) is 1. The van der Waals surface area contributed by atoms with Gasteiger partial charge in [0, 0.05) is 19.1 Å². The van der Waals surface area contributed by atoms with Gasteiger partial charge in [-0.05, 0) is 24.0 Å². The van der Waals surface area contributed by atoms with Gasteiger partial charge in [-0.1, -0.05) is 42.5 Å². The Morgan fingerprint density at radius 2 is 1.77 bits per heavy atom. The maximum absolute atomic E-state index is 11.4. The third-order valence-corrected chi connectivity index (χ3v) is 3.45. The lowest BCUT2D eigenvalue weighted by Gasteiger charge is -2.18. The zero-order chi connectivity index (χ0) is 15.9. The van der Waals surface area contributed by atoms with Crippen molar-refractivity contribution in [3.05, 3.63) is 75.8 Å². The van der Waals surface area contributed by atoms with Gasteiger partial charge in [0.2, 0.25) is 5.91 Å². The summed E-state index contributed by atoms with van der Waals surface area (Å²) in [6.45, 7) is 1.50. The van der Waals surface area contributed by atoms with E-state index in [1.54, 1.807) is 12.1 Å². The summed E-state index contributed by atoms with van der Waals surface area (Å²) in [6.07, 6.45) is 1.47. The summed E-state index contributed by atoms with van der Waals surface area (Å²) >= 11 is 0. The minimum Gasteiger partial charge on any atom is -0.350 e. The predicted octanol–water partition coefficient (Wildman–Crippen LogP) is 3.40. The lowest BCUT2D eigenvalue weighted by molar-refractivity contribution is -0.384. The van der Waals surface area contributed by atoms with E-state index in [0.29, 0.717) is 0 Å². The summed E-state index contributed by atoms with van der Waals surface area (Å²) in [7, 11) is 0. The molecule has 1 N–H and O–H groups in total. The molecule has 2 aromatic carbocycles. The number of nitro benzene ring substituents is 1. The maximum Gasteiger partial charge on any atom is 0.269 e. The molecule has 5 heteroatoms. The molecule has 0 fully saturated rings. The van der Waals surface area contributed by atoms with Gasteiger partial charge in [0.15, 0.2) is 0 Å². The first-order chi connectivity index (χ1) is 10.6. The predicted molar refractivity (Wildman–Crippen MR) is 84.4 cm³/mol. The van der Waals surface area contributed by atoms with Crippen molar-refractivity contribution < 1.29 is 9.72 Å². The summed E-state index contributed by atoms with van der Waals surface area (Å²) in [5, 5.41) is 13.6. The van der Waals surface area contributed by atoms with Crippen molar-refractivity contribution in [2.24, 2.45) is 0 Å². The summed E-state index contributed by atoms with van der Waals surface area (Å²) in [5.41, 5.74) is 2.15. The Hall–Kier alpha value is -2.69. The number of hydrogen-bond acceptors (Lipinski definition) is 3. The van der Waals surface area contributed by atoms with Crippen LogP contribution in [0.5, 0.6) is 0 Å². The van der Waals surface area contributed by atoms with Crippen LogP contribution in [0.25, 0.3) is 0 Å². The molecule has 0 aliphatic heterocycles. The van der Waals surface area contributed by atoms with Crippen molar-refractivity contribution >= 4 is 11.6 Å². The van der Waals surface area contributed by atoms with Crippen molar-refractivity contribution in [1.29, 1.82) is 0 Å². The van der Waals surface area contributed by atoms with E-state index in [0.717, 1.165) is 24.0 Å². The average Bonchev–Trinajstić information content (AvgIpc) is 2.52. The van der Waals surface area contributed by atoms with Gasteiger partial charge in [-0.3, -0.25) is 14.9 Å². The molecular weight excluding hydrogens is 280 g/mol. The fraction of sp³-hybridized carbons (Fsp3) is 0.235. The normalized spacial score (nSPS) is 11.7. The number of hydrogen-bond donors (Lipinski definition) is 1. The molecule has 0 spiro atoms. The lowest BCUT2D eigenvalue weighted by atomic mass is 9.99. The van der Waals surface area contributed by atoms with Crippen LogP contribution in [0.15, 0.2) is 54.6 Å². The highest BCUT2D eigenvalue weighted by Gasteiger charge is 2.13. The first-order valence-corrected chi connectivity index (χ1v) is 7.11. The van der Waals surface area contributed by atoms with Crippen LogP contribution >= 0.6 is 0 Å². The molecule has 0 saturated carbocycles.